The van der Waals surface area contributed by atoms with Crippen LogP contribution in [0.3, 0.4) is 0 Å². The number of rotatable bonds is 19. The van der Waals surface area contributed by atoms with Crippen LogP contribution in [0.25, 0.3) is 0 Å². The van der Waals surface area contributed by atoms with Crippen LogP contribution in [0, 0.1) is 5.41 Å². The van der Waals surface area contributed by atoms with Crippen LogP contribution >= 0.6 is 0 Å². The Kier molecular flexibility index (Phi) is 11.4. The van der Waals surface area contributed by atoms with E-state index >= 15 is 0 Å². The third-order valence-corrected chi connectivity index (χ3v) is 5.16. The fourth-order valence-corrected chi connectivity index (χ4v) is 3.44. The molecular weight excluding hydrogens is 500 g/mol. The van der Waals surface area contributed by atoms with Crippen LogP contribution in [0.5, 0.6) is 0 Å². The molecule has 0 rings (SSSR count). The summed E-state index contributed by atoms with van der Waals surface area (Å²) in [5.74, 6) is -18.5. The summed E-state index contributed by atoms with van der Waals surface area (Å²) in [5, 5.41) is 74.9. The molecule has 0 amide bonds. The van der Waals surface area contributed by atoms with Gasteiger partial charge in [-0.2, -0.15) is 0 Å². The summed E-state index contributed by atoms with van der Waals surface area (Å²) in [6, 6.07) is 0. The predicted molar refractivity (Wildman–Crippen MR) is 108 cm³/mol. The lowest BCUT2D eigenvalue weighted by Gasteiger charge is -2.44. The van der Waals surface area contributed by atoms with E-state index in [4.69, 9.17) is 15.3 Å². The van der Waals surface area contributed by atoms with Crippen LogP contribution in [-0.2, 0) is 38.4 Å². The van der Waals surface area contributed by atoms with Crippen molar-refractivity contribution in [3.63, 3.8) is 0 Å². The van der Waals surface area contributed by atoms with Gasteiger partial charge in [-0.1, -0.05) is 0 Å². The fraction of sp³-hybridized carbons (Fsp3) is 0.556. The topological polar surface area (TPSA) is 305 Å². The molecule has 0 bridgehead atoms. The fourth-order valence-electron chi connectivity index (χ4n) is 3.44. The lowest BCUT2D eigenvalue weighted by molar-refractivity contribution is -0.205. The van der Waals surface area contributed by atoms with Gasteiger partial charge in [0.05, 0.1) is 19.3 Å². The Morgan fingerprint density at radius 1 is 0.444 bits per heavy atom. The molecule has 0 saturated heterocycles. The molecule has 8 N–H and O–H groups in total. The van der Waals surface area contributed by atoms with E-state index < -0.39 is 97.6 Å². The van der Waals surface area contributed by atoms with Crippen LogP contribution in [0.1, 0.15) is 19.3 Å². The van der Waals surface area contributed by atoms with E-state index in [0.29, 0.717) is 0 Å². The maximum absolute atomic E-state index is 12.3. The lowest BCUT2D eigenvalue weighted by atomic mass is 9.67. The van der Waals surface area contributed by atoms with Gasteiger partial charge in [0.1, 0.15) is 0 Å². The van der Waals surface area contributed by atoms with Crippen LogP contribution in [-0.4, -0.2) is 137 Å². The summed E-state index contributed by atoms with van der Waals surface area (Å²) in [7, 11) is 0. The van der Waals surface area contributed by atoms with Crippen molar-refractivity contribution in [3.05, 3.63) is 0 Å². The normalized spacial score (nSPS) is 11.7. The van der Waals surface area contributed by atoms with E-state index in [1.165, 1.54) is 0 Å². The van der Waals surface area contributed by atoms with E-state index in [1.54, 1.807) is 0 Å². The van der Waals surface area contributed by atoms with Crippen molar-refractivity contribution in [1.29, 1.82) is 0 Å². The molecule has 0 spiro atoms. The zero-order valence-corrected chi connectivity index (χ0v) is 18.4. The Morgan fingerprint density at radius 3 is 1.06 bits per heavy atom. The van der Waals surface area contributed by atoms with Gasteiger partial charge in [-0.25, -0.2) is 9.59 Å². The molecular formula is C18H24N2O16. The van der Waals surface area contributed by atoms with Crippen molar-refractivity contribution in [1.82, 2.24) is 9.80 Å². The molecule has 202 valence electrons. The highest BCUT2D eigenvalue weighted by Crippen LogP contribution is 2.40. The number of aliphatic carboxylic acids is 8. The van der Waals surface area contributed by atoms with Crippen molar-refractivity contribution in [2.75, 3.05) is 32.7 Å². The summed E-state index contributed by atoms with van der Waals surface area (Å²) in [5.41, 5.74) is -8.90. The minimum Gasteiger partial charge on any atom is -0.481 e. The summed E-state index contributed by atoms with van der Waals surface area (Å²) < 4.78 is 0. The van der Waals surface area contributed by atoms with Gasteiger partial charge in [-0.05, 0) is 0 Å². The molecule has 0 aliphatic carbocycles. The van der Waals surface area contributed by atoms with E-state index in [1.807, 2.05) is 0 Å². The molecule has 0 aromatic rings. The molecule has 0 heterocycles. The SMILES string of the molecule is O=C(O)CCN(CCC(=O)O)CCN(CCC(=O)O)C(C(=O)O)(C(=O)O)C(C(=O)O)(C(=O)O)C(=O)O. The second-order valence-corrected chi connectivity index (χ2v) is 7.25. The number of carbonyl (C=O) groups is 8. The highest BCUT2D eigenvalue weighted by atomic mass is 16.4. The highest BCUT2D eigenvalue weighted by Gasteiger charge is 2.79. The van der Waals surface area contributed by atoms with Crippen molar-refractivity contribution < 1.29 is 79.2 Å². The molecule has 0 saturated carbocycles. The predicted octanol–water partition coefficient (Wildman–Crippen LogP) is -2.84. The molecule has 36 heavy (non-hydrogen) atoms. The van der Waals surface area contributed by atoms with Gasteiger partial charge in [0.15, 0.2) is 0 Å². The molecule has 0 atom stereocenters. The summed E-state index contributed by atoms with van der Waals surface area (Å²) >= 11 is 0. The monoisotopic (exact) mass is 524 g/mol. The van der Waals surface area contributed by atoms with E-state index in [2.05, 4.69) is 0 Å². The number of hydrogen-bond acceptors (Lipinski definition) is 10. The standard InChI is InChI=1S/C18H24N2O16/c21-9(22)1-4-19(5-2-10(23)24)7-8-20(6-3-11(25)26)18(15(33)34,16(35)36)17(12(27)28,13(29)30)14(31)32/h1-8H2,(H,21,22)(H,23,24)(H,25,26)(H,27,28)(H,29,30)(H,31,32)(H,33,34)(H,35,36). The number of nitrogens with zero attached hydrogens (tertiary/aromatic N) is 2. The van der Waals surface area contributed by atoms with Gasteiger partial charge in [0.2, 0.25) is 0 Å². The van der Waals surface area contributed by atoms with E-state index in [9.17, 15) is 63.9 Å². The van der Waals surface area contributed by atoms with Gasteiger partial charge in [0.25, 0.3) is 11.0 Å². The molecule has 0 aromatic carbocycles. The number of carboxylic acid groups (broad SMARTS) is 8. The molecule has 0 radical (unpaired) electrons. The third kappa shape index (κ3) is 6.63. The molecule has 0 unspecified atom stereocenters. The minimum atomic E-state index is -4.59. The Balaban J connectivity index is 6.93. The first-order chi connectivity index (χ1) is 16.5. The Bertz CT molecular complexity index is 860. The van der Waals surface area contributed by atoms with Gasteiger partial charge in [0, 0.05) is 32.7 Å². The largest absolute Gasteiger partial charge is 0.481 e. The smallest absolute Gasteiger partial charge is 0.338 e. The molecule has 0 aliphatic rings. The van der Waals surface area contributed by atoms with Gasteiger partial charge in [-0.15, -0.1) is 0 Å². The van der Waals surface area contributed by atoms with Crippen LogP contribution in [0.4, 0.5) is 0 Å². The first kappa shape index (κ1) is 31.7. The highest BCUT2D eigenvalue weighted by molar-refractivity contribution is 6.27. The second kappa shape index (κ2) is 13.0. The summed E-state index contributed by atoms with van der Waals surface area (Å²) in [6.45, 7) is -3.58. The average molecular weight is 524 g/mol. The zero-order chi connectivity index (χ0) is 28.4. The Morgan fingerprint density at radius 2 is 0.778 bits per heavy atom. The van der Waals surface area contributed by atoms with Crippen molar-refractivity contribution >= 4 is 47.8 Å². The molecule has 0 aromatic heterocycles. The van der Waals surface area contributed by atoms with Crippen molar-refractivity contribution in [3.8, 4) is 0 Å². The zero-order valence-electron chi connectivity index (χ0n) is 18.4. The van der Waals surface area contributed by atoms with Crippen molar-refractivity contribution in [2.24, 2.45) is 5.41 Å². The molecule has 18 nitrogen and oxygen atoms in total. The lowest BCUT2D eigenvalue weighted by Crippen LogP contribution is -2.77. The number of carboxylic acids is 8. The maximum atomic E-state index is 12.3. The molecule has 0 aliphatic heterocycles. The average Bonchev–Trinajstić information content (AvgIpc) is 2.71. The number of hydrogen-bond donors (Lipinski definition) is 8. The summed E-state index contributed by atoms with van der Waals surface area (Å²) in [4.78, 5) is 94.2. The van der Waals surface area contributed by atoms with E-state index in [0.717, 1.165) is 4.90 Å². The first-order valence-corrected chi connectivity index (χ1v) is 9.79. The van der Waals surface area contributed by atoms with E-state index in [-0.39, 0.29) is 18.0 Å². The van der Waals surface area contributed by atoms with Gasteiger partial charge in [-0.3, -0.25) is 33.7 Å². The Labute approximate surface area is 200 Å². The second-order valence-electron chi connectivity index (χ2n) is 7.25. The Hall–Kier alpha value is -4.32. The quantitative estimate of drug-likeness (QED) is 0.0789. The van der Waals surface area contributed by atoms with Gasteiger partial charge < -0.3 is 45.8 Å². The van der Waals surface area contributed by atoms with Gasteiger partial charge >= 0.3 is 47.8 Å². The van der Waals surface area contributed by atoms with Crippen LogP contribution in [0.15, 0.2) is 0 Å². The van der Waals surface area contributed by atoms with Crippen molar-refractivity contribution in [2.45, 2.75) is 24.8 Å². The van der Waals surface area contributed by atoms with Crippen LogP contribution < -0.4 is 0 Å². The summed E-state index contributed by atoms with van der Waals surface area (Å²) in [6.07, 6.45) is -2.26. The van der Waals surface area contributed by atoms with Crippen LogP contribution in [0.2, 0.25) is 0 Å². The maximum Gasteiger partial charge on any atom is 0.338 e. The first-order valence-electron chi connectivity index (χ1n) is 9.79. The molecule has 0 fully saturated rings. The minimum absolute atomic E-state index is 0.0245. The third-order valence-electron chi connectivity index (χ3n) is 5.16. The molecule has 18 heteroatoms.